The van der Waals surface area contributed by atoms with Gasteiger partial charge < -0.3 is 9.64 Å². The van der Waals surface area contributed by atoms with Gasteiger partial charge in [-0.3, -0.25) is 14.9 Å². The molecule has 1 aromatic carbocycles. The Labute approximate surface area is 96.7 Å². The van der Waals surface area contributed by atoms with E-state index in [-0.39, 0.29) is 18.3 Å². The standard InChI is InChI=1S/C10H11FN2O4/c1-12(2)10(14)6-17-7-3-4-9(13(15)16)8(11)5-7/h3-5H,6H2,1-2H3. The Bertz CT molecular complexity index is 448. The van der Waals surface area contributed by atoms with Crippen molar-refractivity contribution < 1.29 is 18.8 Å². The van der Waals surface area contributed by atoms with Crippen LogP contribution in [0.2, 0.25) is 0 Å². The molecule has 0 aliphatic heterocycles. The van der Waals surface area contributed by atoms with E-state index in [1.807, 2.05) is 0 Å². The molecule has 92 valence electrons. The number of hydrogen-bond acceptors (Lipinski definition) is 4. The predicted octanol–water partition coefficient (Wildman–Crippen LogP) is 1.20. The van der Waals surface area contributed by atoms with Gasteiger partial charge in [0.1, 0.15) is 5.75 Å². The molecule has 0 unspecified atom stereocenters. The van der Waals surface area contributed by atoms with Crippen molar-refractivity contribution in [2.75, 3.05) is 20.7 Å². The highest BCUT2D eigenvalue weighted by Gasteiger charge is 2.14. The minimum atomic E-state index is -0.996. The third kappa shape index (κ3) is 3.40. The summed E-state index contributed by atoms with van der Waals surface area (Å²) < 4.78 is 18.2. The SMILES string of the molecule is CN(C)C(=O)COc1ccc([N+](=O)[O-])c(F)c1. The molecule has 0 aromatic heterocycles. The zero-order valence-corrected chi connectivity index (χ0v) is 9.34. The summed E-state index contributed by atoms with van der Waals surface area (Å²) in [5, 5.41) is 10.4. The Hall–Kier alpha value is -2.18. The van der Waals surface area contributed by atoms with Crippen molar-refractivity contribution in [2.45, 2.75) is 0 Å². The molecular weight excluding hydrogens is 231 g/mol. The Morgan fingerprint density at radius 2 is 2.18 bits per heavy atom. The van der Waals surface area contributed by atoms with Gasteiger partial charge in [0.05, 0.1) is 4.92 Å². The Morgan fingerprint density at radius 3 is 2.65 bits per heavy atom. The number of halogens is 1. The number of nitrogens with zero attached hydrogens (tertiary/aromatic N) is 2. The van der Waals surface area contributed by atoms with E-state index in [0.717, 1.165) is 12.1 Å². The van der Waals surface area contributed by atoms with Gasteiger partial charge in [-0.1, -0.05) is 0 Å². The molecule has 17 heavy (non-hydrogen) atoms. The van der Waals surface area contributed by atoms with Crippen molar-refractivity contribution in [2.24, 2.45) is 0 Å². The van der Waals surface area contributed by atoms with Gasteiger partial charge in [-0.15, -0.1) is 0 Å². The summed E-state index contributed by atoms with van der Waals surface area (Å²) >= 11 is 0. The average molecular weight is 242 g/mol. The lowest BCUT2D eigenvalue weighted by Gasteiger charge is -2.11. The van der Waals surface area contributed by atoms with Gasteiger partial charge >= 0.3 is 5.69 Å². The van der Waals surface area contributed by atoms with Gasteiger partial charge in [-0.05, 0) is 6.07 Å². The number of rotatable bonds is 4. The van der Waals surface area contributed by atoms with E-state index in [2.05, 4.69) is 0 Å². The van der Waals surface area contributed by atoms with Gasteiger partial charge in [-0.2, -0.15) is 4.39 Å². The molecule has 6 nitrogen and oxygen atoms in total. The maximum absolute atomic E-state index is 13.2. The van der Waals surface area contributed by atoms with Crippen LogP contribution >= 0.6 is 0 Å². The maximum Gasteiger partial charge on any atom is 0.305 e. The molecule has 7 heteroatoms. The molecule has 0 saturated carbocycles. The fourth-order valence-corrected chi connectivity index (χ4v) is 1.000. The topological polar surface area (TPSA) is 72.7 Å². The number of nitro groups is 1. The zero-order chi connectivity index (χ0) is 13.0. The third-order valence-corrected chi connectivity index (χ3v) is 1.98. The smallest absolute Gasteiger partial charge is 0.305 e. The van der Waals surface area contributed by atoms with Crippen LogP contribution in [0.15, 0.2) is 18.2 Å². The van der Waals surface area contributed by atoms with Crippen LogP contribution in [0, 0.1) is 15.9 Å². The second-order valence-corrected chi connectivity index (χ2v) is 3.45. The van der Waals surface area contributed by atoms with E-state index in [4.69, 9.17) is 4.74 Å². The number of carbonyl (C=O) groups is 1. The molecule has 0 spiro atoms. The maximum atomic E-state index is 13.2. The highest BCUT2D eigenvalue weighted by Crippen LogP contribution is 2.22. The van der Waals surface area contributed by atoms with E-state index < -0.39 is 16.4 Å². The summed E-state index contributed by atoms with van der Waals surface area (Å²) in [6.07, 6.45) is 0. The Balaban J connectivity index is 2.71. The lowest BCUT2D eigenvalue weighted by atomic mass is 10.3. The Kier molecular flexibility index (Phi) is 3.97. The van der Waals surface area contributed by atoms with Gasteiger partial charge in [0, 0.05) is 26.2 Å². The van der Waals surface area contributed by atoms with Crippen LogP contribution in [0.5, 0.6) is 5.75 Å². The zero-order valence-electron chi connectivity index (χ0n) is 9.34. The highest BCUT2D eigenvalue weighted by atomic mass is 19.1. The number of carbonyl (C=O) groups excluding carboxylic acids is 1. The summed E-state index contributed by atoms with van der Waals surface area (Å²) in [4.78, 5) is 22.0. The first-order chi connectivity index (χ1) is 7.91. The normalized spacial score (nSPS) is 9.82. The van der Waals surface area contributed by atoms with E-state index in [0.29, 0.717) is 0 Å². The molecule has 0 bridgehead atoms. The number of ether oxygens (including phenoxy) is 1. The summed E-state index contributed by atoms with van der Waals surface area (Å²) in [5.41, 5.74) is -0.628. The van der Waals surface area contributed by atoms with E-state index in [9.17, 15) is 19.3 Å². The molecule has 0 radical (unpaired) electrons. The largest absolute Gasteiger partial charge is 0.484 e. The molecule has 1 rings (SSSR count). The van der Waals surface area contributed by atoms with Gasteiger partial charge in [0.25, 0.3) is 5.91 Å². The van der Waals surface area contributed by atoms with Crippen LogP contribution in [-0.2, 0) is 4.79 Å². The van der Waals surface area contributed by atoms with Gasteiger partial charge in [-0.25, -0.2) is 0 Å². The molecule has 0 N–H and O–H groups in total. The minimum absolute atomic E-state index is 0.0725. The van der Waals surface area contributed by atoms with Crippen LogP contribution in [0.4, 0.5) is 10.1 Å². The molecule has 0 heterocycles. The lowest BCUT2D eigenvalue weighted by Crippen LogP contribution is -2.27. The monoisotopic (exact) mass is 242 g/mol. The predicted molar refractivity (Wildman–Crippen MR) is 57.2 cm³/mol. The fourth-order valence-electron chi connectivity index (χ4n) is 1.000. The number of hydrogen-bond donors (Lipinski definition) is 0. The molecule has 0 aliphatic rings. The van der Waals surface area contributed by atoms with Crippen molar-refractivity contribution in [3.8, 4) is 5.75 Å². The van der Waals surface area contributed by atoms with Crippen LogP contribution in [0.25, 0.3) is 0 Å². The average Bonchev–Trinajstić information content (AvgIpc) is 2.25. The summed E-state index contributed by atoms with van der Waals surface area (Å²) in [5.74, 6) is -1.21. The van der Waals surface area contributed by atoms with Crippen molar-refractivity contribution in [1.29, 1.82) is 0 Å². The molecule has 0 atom stereocenters. The number of likely N-dealkylation sites (N-methyl/N-ethyl adjacent to an activating group) is 1. The number of benzene rings is 1. The lowest BCUT2D eigenvalue weighted by molar-refractivity contribution is -0.387. The van der Waals surface area contributed by atoms with Crippen LogP contribution in [-0.4, -0.2) is 36.4 Å². The highest BCUT2D eigenvalue weighted by molar-refractivity contribution is 5.77. The van der Waals surface area contributed by atoms with Crippen LogP contribution < -0.4 is 4.74 Å². The van der Waals surface area contributed by atoms with Crippen LogP contribution in [0.3, 0.4) is 0 Å². The Morgan fingerprint density at radius 1 is 1.53 bits per heavy atom. The summed E-state index contributed by atoms with van der Waals surface area (Å²) in [6.45, 7) is -0.246. The molecule has 1 aromatic rings. The molecule has 0 fully saturated rings. The van der Waals surface area contributed by atoms with E-state index in [1.54, 1.807) is 14.1 Å². The van der Waals surface area contributed by atoms with Crippen molar-refractivity contribution in [3.05, 3.63) is 34.1 Å². The van der Waals surface area contributed by atoms with Crippen molar-refractivity contribution >= 4 is 11.6 Å². The minimum Gasteiger partial charge on any atom is -0.484 e. The summed E-state index contributed by atoms with van der Waals surface area (Å²) in [7, 11) is 3.12. The summed E-state index contributed by atoms with van der Waals surface area (Å²) in [6, 6.07) is 3.11. The quantitative estimate of drug-likeness (QED) is 0.587. The first-order valence-electron chi connectivity index (χ1n) is 4.68. The van der Waals surface area contributed by atoms with Gasteiger partial charge in [0.2, 0.25) is 5.82 Å². The third-order valence-electron chi connectivity index (χ3n) is 1.98. The molecular formula is C10H11FN2O4. The molecule has 0 aliphatic carbocycles. The number of amides is 1. The second kappa shape index (κ2) is 5.24. The second-order valence-electron chi connectivity index (χ2n) is 3.45. The molecule has 1 amide bonds. The van der Waals surface area contributed by atoms with E-state index >= 15 is 0 Å². The van der Waals surface area contributed by atoms with E-state index in [1.165, 1.54) is 11.0 Å². The van der Waals surface area contributed by atoms with Crippen molar-refractivity contribution in [3.63, 3.8) is 0 Å². The molecule has 0 saturated heterocycles. The first kappa shape index (κ1) is 12.9. The fraction of sp³-hybridized carbons (Fsp3) is 0.300. The first-order valence-corrected chi connectivity index (χ1v) is 4.68. The van der Waals surface area contributed by atoms with Gasteiger partial charge in [0.15, 0.2) is 6.61 Å². The van der Waals surface area contributed by atoms with Crippen molar-refractivity contribution in [1.82, 2.24) is 4.90 Å². The number of nitro benzene ring substituents is 1. The van der Waals surface area contributed by atoms with Crippen LogP contribution in [0.1, 0.15) is 0 Å².